The lowest BCUT2D eigenvalue weighted by Gasteiger charge is -2.37. The van der Waals surface area contributed by atoms with Gasteiger partial charge in [-0.3, -0.25) is 0 Å². The summed E-state index contributed by atoms with van der Waals surface area (Å²) in [6.07, 6.45) is 0.180. The minimum absolute atomic E-state index is 0.284. The Morgan fingerprint density at radius 3 is 2.40 bits per heavy atom. The van der Waals surface area contributed by atoms with Crippen molar-refractivity contribution in [1.29, 1.82) is 0 Å². The predicted molar refractivity (Wildman–Crippen MR) is 72.7 cm³/mol. The van der Waals surface area contributed by atoms with Crippen LogP contribution in [0, 0.1) is 0 Å². The molecular weight excluding hydrogens is 265 g/mol. The van der Waals surface area contributed by atoms with Crippen LogP contribution in [0.3, 0.4) is 0 Å². The summed E-state index contributed by atoms with van der Waals surface area (Å²) in [6.45, 7) is 0. The monoisotopic (exact) mass is 284 g/mol. The van der Waals surface area contributed by atoms with Gasteiger partial charge in [0.15, 0.2) is 0 Å². The molecule has 0 spiro atoms. The Hall–Kier alpha value is -1.23. The van der Waals surface area contributed by atoms with Crippen molar-refractivity contribution in [2.45, 2.75) is 50.0 Å². The second-order valence-electron chi connectivity index (χ2n) is 5.94. The van der Waals surface area contributed by atoms with Crippen molar-refractivity contribution in [3.05, 3.63) is 29.8 Å². The lowest BCUT2D eigenvalue weighted by Crippen LogP contribution is -2.44. The molecule has 2 bridgehead atoms. The SMILES string of the molecule is CN1C2CCC1CC(Nc1cccc(C(F)(F)F)c1)C2. The van der Waals surface area contributed by atoms with E-state index in [4.69, 9.17) is 0 Å². The highest BCUT2D eigenvalue weighted by Crippen LogP contribution is 2.36. The minimum atomic E-state index is -4.27. The molecule has 1 aromatic rings. The fraction of sp³-hybridized carbons (Fsp3) is 0.600. The Kier molecular flexibility index (Phi) is 3.40. The van der Waals surface area contributed by atoms with Crippen LogP contribution in [-0.4, -0.2) is 30.1 Å². The molecule has 0 saturated carbocycles. The Morgan fingerprint density at radius 2 is 1.80 bits per heavy atom. The van der Waals surface area contributed by atoms with Gasteiger partial charge in [-0.15, -0.1) is 0 Å². The summed E-state index contributed by atoms with van der Waals surface area (Å²) in [7, 11) is 2.16. The largest absolute Gasteiger partial charge is 0.416 e. The standard InChI is InChI=1S/C15H19F3N2/c1-20-13-5-6-14(20)9-12(8-13)19-11-4-2-3-10(7-11)15(16,17)18/h2-4,7,12-14,19H,5-6,8-9H2,1H3. The van der Waals surface area contributed by atoms with Crippen LogP contribution in [0.25, 0.3) is 0 Å². The summed E-state index contributed by atoms with van der Waals surface area (Å²) in [5.74, 6) is 0. The van der Waals surface area contributed by atoms with Crippen LogP contribution in [0.2, 0.25) is 0 Å². The van der Waals surface area contributed by atoms with Crippen molar-refractivity contribution < 1.29 is 13.2 Å². The highest BCUT2D eigenvalue weighted by molar-refractivity contribution is 5.47. The summed E-state index contributed by atoms with van der Waals surface area (Å²) < 4.78 is 38.1. The number of nitrogens with zero attached hydrogens (tertiary/aromatic N) is 1. The summed E-state index contributed by atoms with van der Waals surface area (Å²) >= 11 is 0. The first kappa shape index (κ1) is 13.7. The average Bonchev–Trinajstić information content (AvgIpc) is 2.62. The van der Waals surface area contributed by atoms with Gasteiger partial charge in [0.1, 0.15) is 0 Å². The summed E-state index contributed by atoms with van der Waals surface area (Å²) in [5, 5.41) is 3.29. The molecule has 2 atom stereocenters. The maximum absolute atomic E-state index is 12.7. The number of anilines is 1. The van der Waals surface area contributed by atoms with E-state index in [1.54, 1.807) is 6.07 Å². The van der Waals surface area contributed by atoms with Crippen molar-refractivity contribution >= 4 is 5.69 Å². The lowest BCUT2D eigenvalue weighted by atomic mass is 9.97. The third-order valence-electron chi connectivity index (χ3n) is 4.66. The number of benzene rings is 1. The van der Waals surface area contributed by atoms with E-state index in [0.717, 1.165) is 18.9 Å². The van der Waals surface area contributed by atoms with Gasteiger partial charge in [-0.1, -0.05) is 6.07 Å². The molecule has 0 aliphatic carbocycles. The molecule has 2 heterocycles. The van der Waals surface area contributed by atoms with Crippen LogP contribution in [0.15, 0.2) is 24.3 Å². The molecule has 2 nitrogen and oxygen atoms in total. The molecular formula is C15H19F3N2. The van der Waals surface area contributed by atoms with Crippen molar-refractivity contribution in [3.63, 3.8) is 0 Å². The van der Waals surface area contributed by atoms with E-state index in [1.165, 1.54) is 25.0 Å². The molecule has 2 unspecified atom stereocenters. The number of halogens is 3. The maximum Gasteiger partial charge on any atom is 0.416 e. The average molecular weight is 284 g/mol. The van der Waals surface area contributed by atoms with Crippen LogP contribution < -0.4 is 5.32 Å². The van der Waals surface area contributed by atoms with E-state index < -0.39 is 11.7 Å². The number of nitrogens with one attached hydrogen (secondary N) is 1. The molecule has 110 valence electrons. The number of fused-ring (bicyclic) bond motifs is 2. The molecule has 2 aliphatic heterocycles. The number of piperidine rings is 1. The zero-order chi connectivity index (χ0) is 14.3. The Bertz CT molecular complexity index is 472. The first-order valence-corrected chi connectivity index (χ1v) is 7.09. The van der Waals surface area contributed by atoms with E-state index in [1.807, 2.05) is 0 Å². The predicted octanol–water partition coefficient (Wildman–Crippen LogP) is 3.74. The van der Waals surface area contributed by atoms with Crippen molar-refractivity contribution in [2.24, 2.45) is 0 Å². The lowest BCUT2D eigenvalue weighted by molar-refractivity contribution is -0.137. The van der Waals surface area contributed by atoms with Crippen molar-refractivity contribution in [2.75, 3.05) is 12.4 Å². The van der Waals surface area contributed by atoms with Crippen LogP contribution in [0.1, 0.15) is 31.2 Å². The normalized spacial score (nSPS) is 30.5. The van der Waals surface area contributed by atoms with Gasteiger partial charge in [-0.2, -0.15) is 13.2 Å². The zero-order valence-electron chi connectivity index (χ0n) is 11.5. The fourth-order valence-corrected chi connectivity index (χ4v) is 3.55. The fourth-order valence-electron chi connectivity index (χ4n) is 3.55. The molecule has 5 heteroatoms. The molecule has 0 radical (unpaired) electrons. The highest BCUT2D eigenvalue weighted by Gasteiger charge is 2.38. The van der Waals surface area contributed by atoms with E-state index in [9.17, 15) is 13.2 Å². The van der Waals surface area contributed by atoms with Gasteiger partial charge in [0.25, 0.3) is 0 Å². The van der Waals surface area contributed by atoms with Gasteiger partial charge < -0.3 is 10.2 Å². The van der Waals surface area contributed by atoms with Gasteiger partial charge in [-0.25, -0.2) is 0 Å². The van der Waals surface area contributed by atoms with Crippen LogP contribution in [-0.2, 0) is 6.18 Å². The first-order chi connectivity index (χ1) is 9.43. The summed E-state index contributed by atoms with van der Waals surface area (Å²) in [6, 6.07) is 6.95. The minimum Gasteiger partial charge on any atom is -0.382 e. The van der Waals surface area contributed by atoms with Crippen molar-refractivity contribution in [1.82, 2.24) is 4.90 Å². The number of hydrogen-bond acceptors (Lipinski definition) is 2. The van der Waals surface area contributed by atoms with Crippen molar-refractivity contribution in [3.8, 4) is 0 Å². The van der Waals surface area contributed by atoms with Gasteiger partial charge in [0.05, 0.1) is 5.56 Å². The highest BCUT2D eigenvalue weighted by atomic mass is 19.4. The number of hydrogen-bond donors (Lipinski definition) is 1. The molecule has 2 fully saturated rings. The van der Waals surface area contributed by atoms with E-state index >= 15 is 0 Å². The van der Waals surface area contributed by atoms with E-state index in [0.29, 0.717) is 17.8 Å². The number of alkyl halides is 3. The Morgan fingerprint density at radius 1 is 1.15 bits per heavy atom. The second kappa shape index (κ2) is 4.95. The zero-order valence-corrected chi connectivity index (χ0v) is 11.5. The summed E-state index contributed by atoms with van der Waals surface area (Å²) in [5.41, 5.74) is -0.00724. The molecule has 1 N–H and O–H groups in total. The molecule has 1 aromatic carbocycles. The molecule has 0 amide bonds. The Labute approximate surface area is 117 Å². The van der Waals surface area contributed by atoms with E-state index in [2.05, 4.69) is 17.3 Å². The first-order valence-electron chi connectivity index (χ1n) is 7.09. The topological polar surface area (TPSA) is 15.3 Å². The molecule has 2 saturated heterocycles. The molecule has 3 rings (SSSR count). The van der Waals surface area contributed by atoms with Crippen LogP contribution in [0.4, 0.5) is 18.9 Å². The van der Waals surface area contributed by atoms with E-state index in [-0.39, 0.29) is 6.04 Å². The summed E-state index contributed by atoms with van der Waals surface area (Å²) in [4.78, 5) is 2.42. The van der Waals surface area contributed by atoms with Crippen LogP contribution >= 0.6 is 0 Å². The second-order valence-corrected chi connectivity index (χ2v) is 5.94. The van der Waals surface area contributed by atoms with Gasteiger partial charge in [-0.05, 0) is 50.9 Å². The smallest absolute Gasteiger partial charge is 0.382 e. The van der Waals surface area contributed by atoms with Gasteiger partial charge >= 0.3 is 6.18 Å². The van der Waals surface area contributed by atoms with Gasteiger partial charge in [0, 0.05) is 23.8 Å². The molecule has 0 aromatic heterocycles. The molecule has 2 aliphatic rings. The van der Waals surface area contributed by atoms with Gasteiger partial charge in [0.2, 0.25) is 0 Å². The molecule has 20 heavy (non-hydrogen) atoms. The van der Waals surface area contributed by atoms with Crippen LogP contribution in [0.5, 0.6) is 0 Å². The number of rotatable bonds is 2. The quantitative estimate of drug-likeness (QED) is 0.890. The maximum atomic E-state index is 12.7. The third kappa shape index (κ3) is 2.64. The third-order valence-corrected chi connectivity index (χ3v) is 4.66. The Balaban J connectivity index is 1.70.